The Kier molecular flexibility index (Phi) is 6.43. The van der Waals surface area contributed by atoms with E-state index in [-0.39, 0.29) is 23.5 Å². The van der Waals surface area contributed by atoms with Crippen LogP contribution >= 0.6 is 0 Å². The molecule has 0 radical (unpaired) electrons. The molecule has 0 amide bonds. The number of methoxy groups -OCH3 is 2. The molecule has 0 aliphatic heterocycles. The van der Waals surface area contributed by atoms with E-state index in [0.717, 1.165) is 5.39 Å². The van der Waals surface area contributed by atoms with Gasteiger partial charge < -0.3 is 14.5 Å². The van der Waals surface area contributed by atoms with Crippen molar-refractivity contribution in [2.75, 3.05) is 14.2 Å². The lowest BCUT2D eigenvalue weighted by Crippen LogP contribution is -2.32. The lowest BCUT2D eigenvalue weighted by Gasteiger charge is -2.22. The Balaban J connectivity index is 1.76. The van der Waals surface area contributed by atoms with E-state index >= 15 is 0 Å². The van der Waals surface area contributed by atoms with Crippen LogP contribution < -0.4 is 15.0 Å². The molecule has 0 unspecified atom stereocenters. The fraction of sp³-hybridized carbons (Fsp3) is 0.167. The minimum Gasteiger partial charge on any atom is -0.497 e. The van der Waals surface area contributed by atoms with Crippen LogP contribution in [0.2, 0.25) is 0 Å². The number of aromatic amines is 1. The second-order valence-corrected chi connectivity index (χ2v) is 9.32. The number of sulfonamides is 1. The molecule has 0 saturated carbocycles. The molecular formula is C24H23N3O5S. The van der Waals surface area contributed by atoms with Crippen molar-refractivity contribution in [3.05, 3.63) is 94.5 Å². The van der Waals surface area contributed by atoms with Crippen molar-refractivity contribution >= 4 is 20.9 Å². The van der Waals surface area contributed by atoms with Crippen molar-refractivity contribution in [3.63, 3.8) is 0 Å². The van der Waals surface area contributed by atoms with Gasteiger partial charge >= 0.3 is 0 Å². The minimum atomic E-state index is -3.93. The van der Waals surface area contributed by atoms with Crippen molar-refractivity contribution in [2.24, 2.45) is 0 Å². The van der Waals surface area contributed by atoms with Gasteiger partial charge in [0, 0.05) is 41.9 Å². The van der Waals surface area contributed by atoms with Gasteiger partial charge in [-0.1, -0.05) is 6.07 Å². The van der Waals surface area contributed by atoms with E-state index in [1.54, 1.807) is 68.0 Å². The molecule has 0 saturated heterocycles. The maximum atomic E-state index is 13.5. The Morgan fingerprint density at radius 2 is 1.67 bits per heavy atom. The predicted molar refractivity (Wildman–Crippen MR) is 125 cm³/mol. The Morgan fingerprint density at radius 1 is 0.939 bits per heavy atom. The highest BCUT2D eigenvalue weighted by Gasteiger charge is 2.26. The standard InChI is InChI=1S/C24H23N3O5S/c1-31-20-5-8-22(9-6-20)33(29,30)27(15-17-4-3-11-25-14-17)16-19-12-18-13-21(32-2)7-10-23(18)26-24(19)28/h3-14H,15-16H2,1-2H3,(H,26,28). The zero-order valence-corrected chi connectivity index (χ0v) is 19.0. The molecule has 0 aliphatic rings. The van der Waals surface area contributed by atoms with Crippen LogP contribution in [0.5, 0.6) is 11.5 Å². The Morgan fingerprint density at radius 3 is 2.33 bits per heavy atom. The van der Waals surface area contributed by atoms with Crippen LogP contribution in [0.4, 0.5) is 0 Å². The van der Waals surface area contributed by atoms with Gasteiger partial charge in [-0.25, -0.2) is 8.42 Å². The van der Waals surface area contributed by atoms with E-state index in [2.05, 4.69) is 9.97 Å². The highest BCUT2D eigenvalue weighted by Crippen LogP contribution is 2.24. The van der Waals surface area contributed by atoms with Crippen molar-refractivity contribution in [3.8, 4) is 11.5 Å². The molecule has 33 heavy (non-hydrogen) atoms. The maximum absolute atomic E-state index is 13.5. The molecule has 170 valence electrons. The zero-order chi connectivity index (χ0) is 23.4. The molecule has 4 rings (SSSR count). The molecule has 0 fully saturated rings. The quantitative estimate of drug-likeness (QED) is 0.428. The van der Waals surface area contributed by atoms with E-state index in [1.807, 2.05) is 0 Å². The first kappa shape index (κ1) is 22.5. The first-order valence-corrected chi connectivity index (χ1v) is 11.6. The number of aromatic nitrogens is 2. The number of nitrogens with zero attached hydrogens (tertiary/aromatic N) is 2. The van der Waals surface area contributed by atoms with Crippen LogP contribution in [-0.4, -0.2) is 36.9 Å². The SMILES string of the molecule is COc1ccc(S(=O)(=O)N(Cc2cccnc2)Cc2cc3cc(OC)ccc3[nH]c2=O)cc1. The van der Waals surface area contributed by atoms with Gasteiger partial charge in [0.05, 0.1) is 19.1 Å². The summed E-state index contributed by atoms with van der Waals surface area (Å²) in [6, 6.07) is 16.7. The highest BCUT2D eigenvalue weighted by molar-refractivity contribution is 7.89. The van der Waals surface area contributed by atoms with Gasteiger partial charge in [0.2, 0.25) is 10.0 Å². The molecule has 9 heteroatoms. The molecule has 0 atom stereocenters. The van der Waals surface area contributed by atoms with E-state index in [4.69, 9.17) is 9.47 Å². The Bertz CT molecular complexity index is 1420. The average molecular weight is 466 g/mol. The third-order valence-electron chi connectivity index (χ3n) is 5.25. The topological polar surface area (TPSA) is 102 Å². The van der Waals surface area contributed by atoms with Crippen molar-refractivity contribution in [1.29, 1.82) is 0 Å². The van der Waals surface area contributed by atoms with E-state index < -0.39 is 10.0 Å². The van der Waals surface area contributed by atoms with Crippen LogP contribution in [0.15, 0.2) is 82.7 Å². The van der Waals surface area contributed by atoms with E-state index in [1.165, 1.54) is 23.5 Å². The Hall–Kier alpha value is -3.69. The van der Waals surface area contributed by atoms with Crippen LogP contribution in [0.1, 0.15) is 11.1 Å². The number of nitrogens with one attached hydrogen (secondary N) is 1. The molecule has 8 nitrogen and oxygen atoms in total. The number of hydrogen-bond acceptors (Lipinski definition) is 6. The smallest absolute Gasteiger partial charge is 0.252 e. The molecule has 4 aromatic rings. The number of fused-ring (bicyclic) bond motifs is 1. The van der Waals surface area contributed by atoms with Gasteiger partial charge in [0.15, 0.2) is 0 Å². The number of pyridine rings is 2. The van der Waals surface area contributed by atoms with E-state index in [0.29, 0.717) is 28.1 Å². The number of H-pyrrole nitrogens is 1. The molecule has 0 aliphatic carbocycles. The molecule has 2 aromatic carbocycles. The number of ether oxygens (including phenoxy) is 2. The Labute approximate surface area is 191 Å². The fourth-order valence-corrected chi connectivity index (χ4v) is 4.89. The molecule has 0 bridgehead atoms. The minimum absolute atomic E-state index is 0.0534. The second kappa shape index (κ2) is 9.43. The van der Waals surface area contributed by atoms with Gasteiger partial charge in [-0.3, -0.25) is 9.78 Å². The fourth-order valence-electron chi connectivity index (χ4n) is 3.48. The number of hydrogen-bond donors (Lipinski definition) is 1. The van der Waals surface area contributed by atoms with Gasteiger partial charge in [-0.15, -0.1) is 0 Å². The summed E-state index contributed by atoms with van der Waals surface area (Å²) in [6.45, 7) is -0.0659. The van der Waals surface area contributed by atoms with Crippen LogP contribution in [0.3, 0.4) is 0 Å². The van der Waals surface area contributed by atoms with Crippen LogP contribution in [0, 0.1) is 0 Å². The van der Waals surface area contributed by atoms with Crippen molar-refractivity contribution in [2.45, 2.75) is 18.0 Å². The van der Waals surface area contributed by atoms with E-state index in [9.17, 15) is 13.2 Å². The highest BCUT2D eigenvalue weighted by atomic mass is 32.2. The van der Waals surface area contributed by atoms with Crippen molar-refractivity contribution in [1.82, 2.24) is 14.3 Å². The third-order valence-corrected chi connectivity index (χ3v) is 7.06. The zero-order valence-electron chi connectivity index (χ0n) is 18.2. The van der Waals surface area contributed by atoms with Gasteiger partial charge in [-0.2, -0.15) is 4.31 Å². The summed E-state index contributed by atoms with van der Waals surface area (Å²) in [6.07, 6.45) is 3.22. The van der Waals surface area contributed by atoms with Crippen LogP contribution in [-0.2, 0) is 23.1 Å². The normalized spacial score (nSPS) is 11.6. The lowest BCUT2D eigenvalue weighted by molar-refractivity contribution is 0.398. The molecule has 2 heterocycles. The second-order valence-electron chi connectivity index (χ2n) is 7.39. The summed E-state index contributed by atoms with van der Waals surface area (Å²) < 4.78 is 38.8. The molecular weight excluding hydrogens is 442 g/mol. The summed E-state index contributed by atoms with van der Waals surface area (Å²) in [7, 11) is -0.859. The van der Waals surface area contributed by atoms with Gasteiger partial charge in [0.25, 0.3) is 5.56 Å². The third kappa shape index (κ3) is 4.89. The summed E-state index contributed by atoms with van der Waals surface area (Å²) in [4.78, 5) is 19.8. The molecule has 0 spiro atoms. The average Bonchev–Trinajstić information content (AvgIpc) is 2.84. The van der Waals surface area contributed by atoms with Crippen molar-refractivity contribution < 1.29 is 17.9 Å². The predicted octanol–water partition coefficient (Wildman–Crippen LogP) is 3.33. The van der Waals surface area contributed by atoms with Gasteiger partial charge in [0.1, 0.15) is 11.5 Å². The van der Waals surface area contributed by atoms with Crippen LogP contribution in [0.25, 0.3) is 10.9 Å². The summed E-state index contributed by atoms with van der Waals surface area (Å²) >= 11 is 0. The largest absolute Gasteiger partial charge is 0.497 e. The first-order valence-electron chi connectivity index (χ1n) is 10.1. The molecule has 2 aromatic heterocycles. The maximum Gasteiger partial charge on any atom is 0.252 e. The van der Waals surface area contributed by atoms with Gasteiger partial charge in [-0.05, 0) is 60.2 Å². The summed E-state index contributed by atoms with van der Waals surface area (Å²) in [5.41, 5.74) is 1.31. The molecule has 1 N–H and O–H groups in total. The number of rotatable bonds is 8. The number of benzene rings is 2. The summed E-state index contributed by atoms with van der Waals surface area (Å²) in [5, 5.41) is 0.743. The lowest BCUT2D eigenvalue weighted by atomic mass is 10.1. The summed E-state index contributed by atoms with van der Waals surface area (Å²) in [5.74, 6) is 1.19. The first-order chi connectivity index (χ1) is 15.9. The monoisotopic (exact) mass is 465 g/mol.